The number of rotatable bonds is 9. The summed E-state index contributed by atoms with van der Waals surface area (Å²) in [5, 5.41) is 0. The summed E-state index contributed by atoms with van der Waals surface area (Å²) in [6.45, 7) is 3.86. The van der Waals surface area contributed by atoms with E-state index in [1.807, 2.05) is 82.7 Å². The fraction of sp³-hybridized carbons (Fsp3) is 0.394. The minimum absolute atomic E-state index is 0.0137. The van der Waals surface area contributed by atoms with Crippen LogP contribution in [0.3, 0.4) is 0 Å². The average molecular weight is 569 g/mol. The van der Waals surface area contributed by atoms with E-state index in [-0.39, 0.29) is 18.4 Å². The van der Waals surface area contributed by atoms with Crippen LogP contribution in [0.4, 0.5) is 5.69 Å². The first kappa shape index (κ1) is 29.4. The number of imidazole rings is 1. The molecule has 0 radical (unpaired) electrons. The Morgan fingerprint density at radius 2 is 1.74 bits per heavy atom. The van der Waals surface area contributed by atoms with Crippen molar-refractivity contribution in [3.8, 4) is 0 Å². The number of carbonyl (C=O) groups excluding carboxylic acids is 2. The summed E-state index contributed by atoms with van der Waals surface area (Å²) in [5.41, 5.74) is 4.82. The van der Waals surface area contributed by atoms with E-state index in [1.54, 1.807) is 7.11 Å². The maximum atomic E-state index is 13.7. The van der Waals surface area contributed by atoms with Crippen molar-refractivity contribution in [3.63, 3.8) is 0 Å². The molecule has 1 aliphatic rings. The lowest BCUT2D eigenvalue weighted by molar-refractivity contribution is -0.132. The second-order valence-electron chi connectivity index (χ2n) is 10.8. The zero-order valence-electron chi connectivity index (χ0n) is 24.4. The predicted octanol–water partition coefficient (Wildman–Crippen LogP) is 4.58. The van der Waals surface area contributed by atoms with Gasteiger partial charge in [-0.3, -0.25) is 19.5 Å². The van der Waals surface area contributed by atoms with Crippen LogP contribution in [0.1, 0.15) is 42.8 Å². The maximum Gasteiger partial charge on any atom is 0.252 e. The number of ether oxygens (including phenoxy) is 1. The van der Waals surface area contributed by atoms with E-state index in [1.165, 1.54) is 0 Å². The minimum Gasteiger partial charge on any atom is -0.375 e. The summed E-state index contributed by atoms with van der Waals surface area (Å²) in [6.07, 6.45) is 5.54. The summed E-state index contributed by atoms with van der Waals surface area (Å²) < 4.78 is 5.21. The molecule has 9 nitrogen and oxygen atoms in total. The number of aromatic nitrogens is 3. The Balaban J connectivity index is 1.30. The number of nitrogens with one attached hydrogen (secondary N) is 1. The number of nitrogens with zero attached hydrogens (tertiary/aromatic N) is 5. The SMILES string of the molecule is COCC(=O)N1CCCN(Cc2ccccn2)CCN(C(=O)CCCCc2nc3ccccc3[nH]2)Cc2ccccc21. The van der Waals surface area contributed by atoms with E-state index < -0.39 is 0 Å². The third-order valence-corrected chi connectivity index (χ3v) is 7.71. The first-order valence-electron chi connectivity index (χ1n) is 14.8. The van der Waals surface area contributed by atoms with Gasteiger partial charge in [-0.2, -0.15) is 0 Å². The number of para-hydroxylation sites is 3. The Labute approximate surface area is 247 Å². The number of methoxy groups -OCH3 is 1. The number of aromatic amines is 1. The second-order valence-corrected chi connectivity index (χ2v) is 10.8. The fourth-order valence-corrected chi connectivity index (χ4v) is 5.54. The molecule has 42 heavy (non-hydrogen) atoms. The molecule has 2 aromatic heterocycles. The molecule has 0 unspecified atom stereocenters. The number of anilines is 1. The molecule has 5 rings (SSSR count). The molecule has 1 N–H and O–H groups in total. The van der Waals surface area contributed by atoms with Gasteiger partial charge in [-0.25, -0.2) is 4.98 Å². The van der Waals surface area contributed by atoms with Crippen molar-refractivity contribution >= 4 is 28.5 Å². The normalized spacial score (nSPS) is 14.9. The van der Waals surface area contributed by atoms with Gasteiger partial charge in [0.1, 0.15) is 12.4 Å². The van der Waals surface area contributed by atoms with Gasteiger partial charge in [-0.1, -0.05) is 36.4 Å². The number of fused-ring (bicyclic) bond motifs is 2. The van der Waals surface area contributed by atoms with Crippen LogP contribution in [0.2, 0.25) is 0 Å². The van der Waals surface area contributed by atoms with Gasteiger partial charge in [-0.05, 0) is 55.2 Å². The zero-order chi connectivity index (χ0) is 29.1. The number of amides is 2. The first-order valence-corrected chi connectivity index (χ1v) is 14.8. The number of benzene rings is 2. The third kappa shape index (κ3) is 7.80. The number of unbranched alkanes of at least 4 members (excludes halogenated alkanes) is 1. The van der Waals surface area contributed by atoms with E-state index >= 15 is 0 Å². The van der Waals surface area contributed by atoms with Crippen LogP contribution in [0.15, 0.2) is 72.9 Å². The lowest BCUT2D eigenvalue weighted by Crippen LogP contribution is -2.38. The smallest absolute Gasteiger partial charge is 0.252 e. The zero-order valence-corrected chi connectivity index (χ0v) is 24.4. The minimum atomic E-state index is -0.0797. The molecule has 0 saturated carbocycles. The van der Waals surface area contributed by atoms with E-state index in [0.29, 0.717) is 32.6 Å². The van der Waals surface area contributed by atoms with Crippen molar-refractivity contribution in [3.05, 3.63) is 90.0 Å². The van der Waals surface area contributed by atoms with E-state index in [2.05, 4.69) is 19.9 Å². The van der Waals surface area contributed by atoms with E-state index in [9.17, 15) is 9.59 Å². The molecule has 220 valence electrons. The highest BCUT2D eigenvalue weighted by Crippen LogP contribution is 2.24. The van der Waals surface area contributed by atoms with Crippen LogP contribution in [-0.2, 0) is 33.8 Å². The largest absolute Gasteiger partial charge is 0.375 e. The molecule has 0 aliphatic carbocycles. The molecular formula is C33H40N6O3. The highest BCUT2D eigenvalue weighted by atomic mass is 16.5. The monoisotopic (exact) mass is 568 g/mol. The van der Waals surface area contributed by atoms with Crippen LogP contribution in [0.25, 0.3) is 11.0 Å². The number of carbonyl (C=O) groups is 2. The Hall–Kier alpha value is -4.08. The quantitative estimate of drug-likeness (QED) is 0.297. The molecule has 0 saturated heterocycles. The summed E-state index contributed by atoms with van der Waals surface area (Å²) >= 11 is 0. The van der Waals surface area contributed by atoms with Gasteiger partial charge in [0.05, 0.1) is 16.7 Å². The van der Waals surface area contributed by atoms with Crippen molar-refractivity contribution in [2.75, 3.05) is 44.8 Å². The Bertz CT molecular complexity index is 1420. The maximum absolute atomic E-state index is 13.7. The summed E-state index contributed by atoms with van der Waals surface area (Å²) in [5.74, 6) is 1.00. The van der Waals surface area contributed by atoms with Crippen molar-refractivity contribution in [1.82, 2.24) is 24.8 Å². The van der Waals surface area contributed by atoms with E-state index in [0.717, 1.165) is 72.6 Å². The van der Waals surface area contributed by atoms with Crippen molar-refractivity contribution < 1.29 is 14.3 Å². The predicted molar refractivity (Wildman–Crippen MR) is 164 cm³/mol. The van der Waals surface area contributed by atoms with Crippen LogP contribution >= 0.6 is 0 Å². The Kier molecular flexibility index (Phi) is 10.3. The van der Waals surface area contributed by atoms with Gasteiger partial charge >= 0.3 is 0 Å². The lowest BCUT2D eigenvalue weighted by atomic mass is 10.1. The molecule has 0 spiro atoms. The van der Waals surface area contributed by atoms with Gasteiger partial charge < -0.3 is 19.5 Å². The molecule has 0 bridgehead atoms. The van der Waals surface area contributed by atoms with E-state index in [4.69, 9.17) is 4.74 Å². The Morgan fingerprint density at radius 3 is 2.57 bits per heavy atom. The lowest BCUT2D eigenvalue weighted by Gasteiger charge is -2.28. The van der Waals surface area contributed by atoms with Gasteiger partial charge in [0.25, 0.3) is 5.91 Å². The number of hydrogen-bond donors (Lipinski definition) is 1. The van der Waals surface area contributed by atoms with Crippen LogP contribution in [0.5, 0.6) is 0 Å². The third-order valence-electron chi connectivity index (χ3n) is 7.71. The number of hydrogen-bond acceptors (Lipinski definition) is 6. The molecule has 0 fully saturated rings. The van der Waals surface area contributed by atoms with Gasteiger partial charge in [0, 0.05) is 71.1 Å². The molecular weight excluding hydrogens is 528 g/mol. The van der Waals surface area contributed by atoms with Crippen molar-refractivity contribution in [1.29, 1.82) is 0 Å². The number of aryl methyl sites for hydroxylation is 1. The number of pyridine rings is 1. The molecule has 4 aromatic rings. The molecule has 0 atom stereocenters. The molecule has 9 heteroatoms. The van der Waals surface area contributed by atoms with Crippen molar-refractivity contribution in [2.24, 2.45) is 0 Å². The molecule has 2 aromatic carbocycles. The van der Waals surface area contributed by atoms with Gasteiger partial charge in [-0.15, -0.1) is 0 Å². The van der Waals surface area contributed by atoms with Gasteiger partial charge in [0.2, 0.25) is 5.91 Å². The summed E-state index contributed by atoms with van der Waals surface area (Å²) in [6, 6.07) is 21.9. The Morgan fingerprint density at radius 1 is 0.905 bits per heavy atom. The average Bonchev–Trinajstić information content (AvgIpc) is 3.42. The van der Waals surface area contributed by atoms with Crippen molar-refractivity contribution in [2.45, 2.75) is 45.2 Å². The highest BCUT2D eigenvalue weighted by Gasteiger charge is 2.23. The van der Waals surface area contributed by atoms with Crippen LogP contribution in [-0.4, -0.2) is 76.5 Å². The standard InChI is InChI=1S/C33H40N6O3/c1-42-25-33(41)39-20-10-19-37(24-27-12-8-9-18-34-27)21-22-38(23-26-11-2-5-15-30(26)39)32(40)17-7-6-16-31-35-28-13-3-4-14-29(28)36-31/h2-5,8-9,11-15,18H,6-7,10,16-17,19-25H2,1H3,(H,35,36). The summed E-state index contributed by atoms with van der Waals surface area (Å²) in [4.78, 5) is 45.5. The molecule has 2 amide bonds. The highest BCUT2D eigenvalue weighted by molar-refractivity contribution is 5.95. The fourth-order valence-electron chi connectivity index (χ4n) is 5.54. The molecule has 1 aliphatic heterocycles. The summed E-state index contributed by atoms with van der Waals surface area (Å²) in [7, 11) is 1.54. The molecule has 3 heterocycles. The van der Waals surface area contributed by atoms with Crippen LogP contribution in [0, 0.1) is 0 Å². The second kappa shape index (κ2) is 14.7. The first-order chi connectivity index (χ1) is 20.6. The van der Waals surface area contributed by atoms with Crippen LogP contribution < -0.4 is 4.90 Å². The van der Waals surface area contributed by atoms with Gasteiger partial charge in [0.15, 0.2) is 0 Å². The topological polar surface area (TPSA) is 94.7 Å². The number of H-pyrrole nitrogens is 1.